The fourth-order valence-electron chi connectivity index (χ4n) is 3.78. The molecular formula is C23H21FN6OS. The molecule has 9 heteroatoms. The van der Waals surface area contributed by atoms with Gasteiger partial charge in [-0.05, 0) is 36.4 Å². The number of halogens is 1. The zero-order valence-electron chi connectivity index (χ0n) is 17.3. The number of aromatic nitrogens is 4. The van der Waals surface area contributed by atoms with Crippen molar-refractivity contribution in [3.8, 4) is 5.69 Å². The number of piperazine rings is 1. The summed E-state index contributed by atoms with van der Waals surface area (Å²) < 4.78 is 14.9. The number of para-hydroxylation sites is 1. The Morgan fingerprint density at radius 1 is 0.938 bits per heavy atom. The van der Waals surface area contributed by atoms with Gasteiger partial charge in [0.05, 0.1) is 23.0 Å². The first-order valence-electron chi connectivity index (χ1n) is 10.3. The second kappa shape index (κ2) is 8.96. The number of anilines is 1. The average molecular weight is 449 g/mol. The van der Waals surface area contributed by atoms with Crippen LogP contribution in [-0.4, -0.2) is 62.5 Å². The van der Waals surface area contributed by atoms with Gasteiger partial charge in [-0.1, -0.05) is 30.0 Å². The largest absolute Gasteiger partial charge is 0.368 e. The lowest BCUT2D eigenvalue weighted by molar-refractivity contribution is -0.128. The summed E-state index contributed by atoms with van der Waals surface area (Å²) in [4.78, 5) is 25.6. The molecule has 3 heterocycles. The van der Waals surface area contributed by atoms with Gasteiger partial charge >= 0.3 is 0 Å². The first kappa shape index (κ1) is 20.4. The molecule has 0 radical (unpaired) electrons. The molecule has 0 unspecified atom stereocenters. The van der Waals surface area contributed by atoms with Gasteiger partial charge in [-0.15, -0.1) is 0 Å². The number of amides is 1. The van der Waals surface area contributed by atoms with Crippen molar-refractivity contribution in [1.82, 2.24) is 24.6 Å². The van der Waals surface area contributed by atoms with Crippen molar-refractivity contribution in [1.29, 1.82) is 0 Å². The second-order valence-electron chi connectivity index (χ2n) is 7.44. The summed E-state index contributed by atoms with van der Waals surface area (Å²) in [5, 5.41) is 6.04. The predicted molar refractivity (Wildman–Crippen MR) is 123 cm³/mol. The third-order valence-electron chi connectivity index (χ3n) is 5.49. The first-order chi connectivity index (χ1) is 15.7. The molecule has 7 nitrogen and oxygen atoms in total. The van der Waals surface area contributed by atoms with Crippen LogP contribution in [0.4, 0.5) is 10.1 Å². The highest BCUT2D eigenvalue weighted by atomic mass is 32.2. The number of carbonyl (C=O) groups excluding carboxylic acids is 1. The van der Waals surface area contributed by atoms with Crippen LogP contribution in [0.3, 0.4) is 0 Å². The lowest BCUT2D eigenvalue weighted by Crippen LogP contribution is -2.49. The zero-order valence-corrected chi connectivity index (χ0v) is 18.1. The smallest absolute Gasteiger partial charge is 0.233 e. The molecule has 0 bridgehead atoms. The molecule has 0 saturated carbocycles. The van der Waals surface area contributed by atoms with Crippen molar-refractivity contribution in [2.75, 3.05) is 36.8 Å². The van der Waals surface area contributed by atoms with E-state index in [1.165, 1.54) is 30.2 Å². The molecule has 4 aromatic rings. The highest BCUT2D eigenvalue weighted by Crippen LogP contribution is 2.26. The Morgan fingerprint density at radius 2 is 1.69 bits per heavy atom. The number of hydrogen-bond donors (Lipinski definition) is 0. The van der Waals surface area contributed by atoms with Crippen LogP contribution in [0.15, 0.2) is 72.1 Å². The van der Waals surface area contributed by atoms with Crippen LogP contribution in [0, 0.1) is 5.82 Å². The van der Waals surface area contributed by atoms with Crippen LogP contribution in [0.1, 0.15) is 0 Å². The second-order valence-corrected chi connectivity index (χ2v) is 8.41. The summed E-state index contributed by atoms with van der Waals surface area (Å²) in [6.45, 7) is 2.73. The summed E-state index contributed by atoms with van der Waals surface area (Å²) >= 11 is 1.41. The van der Waals surface area contributed by atoms with E-state index in [9.17, 15) is 9.18 Å². The molecule has 1 aliphatic rings. The van der Waals surface area contributed by atoms with E-state index in [1.54, 1.807) is 23.0 Å². The normalized spacial score (nSPS) is 14.2. The maximum Gasteiger partial charge on any atom is 0.233 e. The molecule has 162 valence electrons. The van der Waals surface area contributed by atoms with Crippen molar-refractivity contribution in [3.05, 3.63) is 72.9 Å². The van der Waals surface area contributed by atoms with E-state index >= 15 is 0 Å². The van der Waals surface area contributed by atoms with E-state index < -0.39 is 0 Å². The summed E-state index contributed by atoms with van der Waals surface area (Å²) in [5.41, 5.74) is 2.62. The highest BCUT2D eigenvalue weighted by molar-refractivity contribution is 8.00. The third kappa shape index (κ3) is 4.16. The molecule has 2 aromatic carbocycles. The van der Waals surface area contributed by atoms with Crippen LogP contribution in [0.25, 0.3) is 16.7 Å². The minimum Gasteiger partial charge on any atom is -0.368 e. The Morgan fingerprint density at radius 3 is 2.44 bits per heavy atom. The van der Waals surface area contributed by atoms with Crippen molar-refractivity contribution in [2.45, 2.75) is 5.03 Å². The van der Waals surface area contributed by atoms with Gasteiger partial charge in [0.1, 0.15) is 17.2 Å². The predicted octanol–water partition coefficient (Wildman–Crippen LogP) is 3.40. The Bertz CT molecular complexity index is 1220. The summed E-state index contributed by atoms with van der Waals surface area (Å²) in [7, 11) is 0. The molecule has 0 spiro atoms. The lowest BCUT2D eigenvalue weighted by atomic mass is 10.2. The van der Waals surface area contributed by atoms with Crippen LogP contribution < -0.4 is 4.90 Å². The third-order valence-corrected chi connectivity index (χ3v) is 6.48. The SMILES string of the molecule is O=C(CSc1ncnc2c1cnn2-c1ccccc1)N1CCN(c2ccc(F)cc2)CC1. The lowest BCUT2D eigenvalue weighted by Gasteiger charge is -2.36. The highest BCUT2D eigenvalue weighted by Gasteiger charge is 2.22. The molecule has 1 aliphatic heterocycles. The minimum atomic E-state index is -0.243. The number of hydrogen-bond acceptors (Lipinski definition) is 6. The van der Waals surface area contributed by atoms with E-state index in [0.29, 0.717) is 24.5 Å². The van der Waals surface area contributed by atoms with Gasteiger partial charge in [0.15, 0.2) is 5.65 Å². The maximum absolute atomic E-state index is 13.1. The standard InChI is InChI=1S/C23H21FN6OS/c24-17-6-8-18(9-7-17)28-10-12-29(13-11-28)21(31)15-32-23-20-14-27-30(22(20)25-16-26-23)19-4-2-1-3-5-19/h1-9,14,16H,10-13,15H2. The number of benzene rings is 2. The number of nitrogens with zero attached hydrogens (tertiary/aromatic N) is 6. The van der Waals surface area contributed by atoms with Gasteiger partial charge in [0.25, 0.3) is 0 Å². The number of fused-ring (bicyclic) bond motifs is 1. The van der Waals surface area contributed by atoms with Gasteiger partial charge in [-0.3, -0.25) is 4.79 Å². The molecular weight excluding hydrogens is 427 g/mol. The molecule has 1 fully saturated rings. The van der Waals surface area contributed by atoms with Gasteiger partial charge < -0.3 is 9.80 Å². The van der Waals surface area contributed by atoms with E-state index in [4.69, 9.17) is 0 Å². The quantitative estimate of drug-likeness (QED) is 0.344. The van der Waals surface area contributed by atoms with Gasteiger partial charge in [0, 0.05) is 31.9 Å². The van der Waals surface area contributed by atoms with Crippen LogP contribution >= 0.6 is 11.8 Å². The van der Waals surface area contributed by atoms with E-state index in [1.807, 2.05) is 35.2 Å². The summed E-state index contributed by atoms with van der Waals surface area (Å²) in [6, 6.07) is 16.3. The van der Waals surface area contributed by atoms with E-state index in [-0.39, 0.29) is 11.7 Å². The maximum atomic E-state index is 13.1. The van der Waals surface area contributed by atoms with Crippen molar-refractivity contribution in [3.63, 3.8) is 0 Å². The van der Waals surface area contributed by atoms with Crippen LogP contribution in [0.5, 0.6) is 0 Å². The monoisotopic (exact) mass is 448 g/mol. The fraction of sp³-hybridized carbons (Fsp3) is 0.217. The minimum absolute atomic E-state index is 0.0796. The topological polar surface area (TPSA) is 67.2 Å². The Balaban J connectivity index is 1.22. The van der Waals surface area contributed by atoms with Gasteiger partial charge in [0.2, 0.25) is 5.91 Å². The van der Waals surface area contributed by atoms with E-state index in [2.05, 4.69) is 20.0 Å². The summed E-state index contributed by atoms with van der Waals surface area (Å²) in [6.07, 6.45) is 3.26. The molecule has 0 aliphatic carbocycles. The molecule has 0 atom stereocenters. The van der Waals surface area contributed by atoms with Crippen molar-refractivity contribution in [2.24, 2.45) is 0 Å². The zero-order chi connectivity index (χ0) is 21.9. The molecule has 0 N–H and O–H groups in total. The van der Waals surface area contributed by atoms with Crippen molar-refractivity contribution >= 4 is 34.4 Å². The number of rotatable bonds is 5. The first-order valence-corrected chi connectivity index (χ1v) is 11.3. The summed E-state index contributed by atoms with van der Waals surface area (Å²) in [5.74, 6) is 0.141. The molecule has 5 rings (SSSR count). The Kier molecular flexibility index (Phi) is 5.72. The average Bonchev–Trinajstić information content (AvgIpc) is 3.28. The van der Waals surface area contributed by atoms with Gasteiger partial charge in [-0.2, -0.15) is 5.10 Å². The number of carbonyl (C=O) groups is 1. The molecule has 1 amide bonds. The molecule has 32 heavy (non-hydrogen) atoms. The molecule has 1 saturated heterocycles. The van der Waals surface area contributed by atoms with E-state index in [0.717, 1.165) is 34.9 Å². The van der Waals surface area contributed by atoms with Crippen molar-refractivity contribution < 1.29 is 9.18 Å². The Hall–Kier alpha value is -3.46. The van der Waals surface area contributed by atoms with Crippen LogP contribution in [0.2, 0.25) is 0 Å². The van der Waals surface area contributed by atoms with Gasteiger partial charge in [-0.25, -0.2) is 19.0 Å². The Labute approximate surface area is 188 Å². The van der Waals surface area contributed by atoms with Crippen LogP contribution in [-0.2, 0) is 4.79 Å². The number of thioether (sulfide) groups is 1. The fourth-order valence-corrected chi connectivity index (χ4v) is 4.65. The molecule has 2 aromatic heterocycles.